The third-order valence-electron chi connectivity index (χ3n) is 4.26. The summed E-state index contributed by atoms with van der Waals surface area (Å²) in [6.45, 7) is 2.18. The Balaban J connectivity index is 2.25. The van der Waals surface area contributed by atoms with Crippen molar-refractivity contribution in [2.24, 2.45) is 5.92 Å². The molecule has 0 heterocycles. The van der Waals surface area contributed by atoms with E-state index in [1.807, 2.05) is 0 Å². The zero-order chi connectivity index (χ0) is 15.6. The van der Waals surface area contributed by atoms with E-state index in [4.69, 9.17) is 5.11 Å². The highest BCUT2D eigenvalue weighted by Crippen LogP contribution is 2.29. The van der Waals surface area contributed by atoms with E-state index in [1.54, 1.807) is 7.05 Å². The first-order valence-electron chi connectivity index (χ1n) is 7.13. The fourth-order valence-corrected chi connectivity index (χ4v) is 4.22. The van der Waals surface area contributed by atoms with Gasteiger partial charge in [-0.05, 0) is 49.8 Å². The second-order valence-electron chi connectivity index (χ2n) is 5.77. The summed E-state index contributed by atoms with van der Waals surface area (Å²) in [6, 6.07) is 5.53. The standard InChI is InChI=1S/C15H21NO4S/c1-11-6-8-13(9-7-11)16(2)21(19,20)14-5-3-4-12(10-14)15(17)18/h3-5,10-11,13H,6-9H2,1-2H3,(H,17,18). The van der Waals surface area contributed by atoms with Gasteiger partial charge in [-0.3, -0.25) is 0 Å². The maximum absolute atomic E-state index is 12.6. The van der Waals surface area contributed by atoms with Gasteiger partial charge in [0.2, 0.25) is 10.0 Å². The molecule has 0 spiro atoms. The Kier molecular flexibility index (Phi) is 4.68. The SMILES string of the molecule is CC1CCC(N(C)S(=O)(=O)c2cccc(C(=O)O)c2)CC1. The highest BCUT2D eigenvalue weighted by atomic mass is 32.2. The Morgan fingerprint density at radius 1 is 1.24 bits per heavy atom. The summed E-state index contributed by atoms with van der Waals surface area (Å²) in [7, 11) is -2.06. The summed E-state index contributed by atoms with van der Waals surface area (Å²) in [5.41, 5.74) is -0.0123. The van der Waals surface area contributed by atoms with Crippen LogP contribution in [0.1, 0.15) is 43.0 Å². The van der Waals surface area contributed by atoms with Gasteiger partial charge >= 0.3 is 5.97 Å². The number of aromatic carboxylic acids is 1. The van der Waals surface area contributed by atoms with Crippen LogP contribution in [0.15, 0.2) is 29.2 Å². The van der Waals surface area contributed by atoms with Gasteiger partial charge in [-0.2, -0.15) is 4.31 Å². The minimum Gasteiger partial charge on any atom is -0.478 e. The van der Waals surface area contributed by atoms with Gasteiger partial charge in [0.25, 0.3) is 0 Å². The van der Waals surface area contributed by atoms with Gasteiger partial charge in [-0.1, -0.05) is 13.0 Å². The number of hydrogen-bond donors (Lipinski definition) is 1. The first-order valence-corrected chi connectivity index (χ1v) is 8.57. The van der Waals surface area contributed by atoms with E-state index < -0.39 is 16.0 Å². The fourth-order valence-electron chi connectivity index (χ4n) is 2.76. The Morgan fingerprint density at radius 3 is 2.43 bits per heavy atom. The van der Waals surface area contributed by atoms with E-state index in [0.717, 1.165) is 25.7 Å². The predicted molar refractivity (Wildman–Crippen MR) is 79.8 cm³/mol. The molecular formula is C15H21NO4S. The van der Waals surface area contributed by atoms with Gasteiger partial charge in [-0.25, -0.2) is 13.2 Å². The van der Waals surface area contributed by atoms with Crippen LogP contribution in [0.25, 0.3) is 0 Å². The minimum absolute atomic E-state index is 0.000292. The van der Waals surface area contributed by atoms with Crippen LogP contribution in [-0.2, 0) is 10.0 Å². The van der Waals surface area contributed by atoms with Gasteiger partial charge in [0.1, 0.15) is 0 Å². The Bertz CT molecular complexity index is 618. The van der Waals surface area contributed by atoms with Crippen molar-refractivity contribution < 1.29 is 18.3 Å². The number of hydrogen-bond acceptors (Lipinski definition) is 3. The van der Waals surface area contributed by atoms with E-state index in [2.05, 4.69) is 6.92 Å². The van der Waals surface area contributed by atoms with Gasteiger partial charge in [0.05, 0.1) is 10.5 Å². The third-order valence-corrected chi connectivity index (χ3v) is 6.16. The molecule has 0 amide bonds. The zero-order valence-corrected chi connectivity index (χ0v) is 13.1. The molecular weight excluding hydrogens is 290 g/mol. The van der Waals surface area contributed by atoms with Crippen LogP contribution in [0.3, 0.4) is 0 Å². The number of carboxylic acids is 1. The smallest absolute Gasteiger partial charge is 0.335 e. The van der Waals surface area contributed by atoms with E-state index in [-0.39, 0.29) is 16.5 Å². The van der Waals surface area contributed by atoms with Crippen molar-refractivity contribution in [1.82, 2.24) is 4.31 Å². The molecule has 2 rings (SSSR count). The van der Waals surface area contributed by atoms with Gasteiger partial charge in [0, 0.05) is 13.1 Å². The predicted octanol–water partition coefficient (Wildman–Crippen LogP) is 2.58. The van der Waals surface area contributed by atoms with Crippen LogP contribution < -0.4 is 0 Å². The van der Waals surface area contributed by atoms with Crippen LogP contribution >= 0.6 is 0 Å². The number of sulfonamides is 1. The van der Waals surface area contributed by atoms with Crippen molar-refractivity contribution in [3.05, 3.63) is 29.8 Å². The highest BCUT2D eigenvalue weighted by molar-refractivity contribution is 7.89. The maximum Gasteiger partial charge on any atom is 0.335 e. The maximum atomic E-state index is 12.6. The molecule has 0 aliphatic heterocycles. The fraction of sp³-hybridized carbons (Fsp3) is 0.533. The van der Waals surface area contributed by atoms with Crippen LogP contribution in [-0.4, -0.2) is 36.9 Å². The molecule has 0 radical (unpaired) electrons. The minimum atomic E-state index is -3.64. The summed E-state index contributed by atoms with van der Waals surface area (Å²) in [5.74, 6) is -0.478. The molecule has 21 heavy (non-hydrogen) atoms. The number of rotatable bonds is 4. The molecule has 1 aromatic carbocycles. The molecule has 1 aliphatic rings. The van der Waals surface area contributed by atoms with E-state index in [0.29, 0.717) is 5.92 Å². The molecule has 0 unspecified atom stereocenters. The average molecular weight is 311 g/mol. The second-order valence-corrected chi connectivity index (χ2v) is 7.77. The summed E-state index contributed by atoms with van der Waals surface area (Å²) in [5, 5.41) is 8.98. The molecule has 1 N–H and O–H groups in total. The van der Waals surface area contributed by atoms with Crippen molar-refractivity contribution >= 4 is 16.0 Å². The van der Waals surface area contributed by atoms with Crippen molar-refractivity contribution in [2.45, 2.75) is 43.5 Å². The lowest BCUT2D eigenvalue weighted by Gasteiger charge is -2.32. The molecule has 116 valence electrons. The molecule has 1 aliphatic carbocycles. The normalized spacial score (nSPS) is 23.2. The van der Waals surface area contributed by atoms with Gasteiger partial charge in [-0.15, -0.1) is 0 Å². The van der Waals surface area contributed by atoms with Crippen LogP contribution in [0.4, 0.5) is 0 Å². The Hall–Kier alpha value is -1.40. The molecule has 1 fully saturated rings. The Morgan fingerprint density at radius 2 is 1.86 bits per heavy atom. The van der Waals surface area contributed by atoms with Crippen molar-refractivity contribution in [2.75, 3.05) is 7.05 Å². The van der Waals surface area contributed by atoms with Crippen LogP contribution in [0, 0.1) is 5.92 Å². The Labute approximate surface area is 125 Å². The van der Waals surface area contributed by atoms with Crippen molar-refractivity contribution in [3.8, 4) is 0 Å². The summed E-state index contributed by atoms with van der Waals surface area (Å²) in [4.78, 5) is 11.0. The quantitative estimate of drug-likeness (QED) is 0.927. The number of nitrogens with zero attached hydrogens (tertiary/aromatic N) is 1. The van der Waals surface area contributed by atoms with Crippen LogP contribution in [0.2, 0.25) is 0 Å². The number of benzene rings is 1. The summed E-state index contributed by atoms with van der Waals surface area (Å²) >= 11 is 0. The van der Waals surface area contributed by atoms with Crippen molar-refractivity contribution in [3.63, 3.8) is 0 Å². The zero-order valence-electron chi connectivity index (χ0n) is 12.3. The second kappa shape index (κ2) is 6.15. The molecule has 0 bridgehead atoms. The highest BCUT2D eigenvalue weighted by Gasteiger charge is 2.30. The first-order chi connectivity index (χ1) is 9.82. The summed E-state index contributed by atoms with van der Waals surface area (Å²) in [6.07, 6.45) is 3.77. The molecule has 5 nitrogen and oxygen atoms in total. The van der Waals surface area contributed by atoms with E-state index in [9.17, 15) is 13.2 Å². The lowest BCUT2D eigenvalue weighted by molar-refractivity contribution is 0.0696. The third kappa shape index (κ3) is 3.44. The first kappa shape index (κ1) is 16.0. The van der Waals surface area contributed by atoms with Gasteiger partial charge in [0.15, 0.2) is 0 Å². The molecule has 1 saturated carbocycles. The van der Waals surface area contributed by atoms with Crippen molar-refractivity contribution in [1.29, 1.82) is 0 Å². The van der Waals surface area contributed by atoms with E-state index in [1.165, 1.54) is 28.6 Å². The lowest BCUT2D eigenvalue weighted by atomic mass is 9.87. The molecule has 0 saturated heterocycles. The molecule has 0 aromatic heterocycles. The largest absolute Gasteiger partial charge is 0.478 e. The lowest BCUT2D eigenvalue weighted by Crippen LogP contribution is -2.39. The summed E-state index contributed by atoms with van der Waals surface area (Å²) < 4.78 is 26.6. The number of carbonyl (C=O) groups is 1. The van der Waals surface area contributed by atoms with Crippen LogP contribution in [0.5, 0.6) is 0 Å². The number of carboxylic acid groups (broad SMARTS) is 1. The molecule has 6 heteroatoms. The average Bonchev–Trinajstić information content (AvgIpc) is 2.47. The molecule has 0 atom stereocenters. The molecule has 1 aromatic rings. The monoisotopic (exact) mass is 311 g/mol. The van der Waals surface area contributed by atoms with Gasteiger partial charge < -0.3 is 5.11 Å². The van der Waals surface area contributed by atoms with E-state index >= 15 is 0 Å². The topological polar surface area (TPSA) is 74.7 Å².